The minimum absolute atomic E-state index is 0.489. The third kappa shape index (κ3) is 4.72. The van der Waals surface area contributed by atoms with Crippen molar-refractivity contribution in [2.75, 3.05) is 18.0 Å². The largest absolute Gasteiger partial charge is 0.390 e. The predicted octanol–water partition coefficient (Wildman–Crippen LogP) is 3.23. The number of nitrogens with zero attached hydrogens (tertiary/aromatic N) is 1. The first-order valence-electron chi connectivity index (χ1n) is 8.18. The Hall–Kier alpha value is -1.06. The van der Waals surface area contributed by atoms with Crippen molar-refractivity contribution in [3.8, 4) is 0 Å². The molecular weight excluding hydrogens is 260 g/mol. The zero-order valence-corrected chi connectivity index (χ0v) is 13.9. The van der Waals surface area contributed by atoms with E-state index >= 15 is 0 Å². The smallest absolute Gasteiger partial charge is 0.0637 e. The summed E-state index contributed by atoms with van der Waals surface area (Å²) in [6.45, 7) is 11.3. The van der Waals surface area contributed by atoms with Gasteiger partial charge in [-0.25, -0.2) is 0 Å². The molecule has 1 aromatic carbocycles. The number of aryl methyl sites for hydroxylation is 1. The van der Waals surface area contributed by atoms with Gasteiger partial charge in [0, 0.05) is 31.4 Å². The first-order valence-corrected chi connectivity index (χ1v) is 8.18. The van der Waals surface area contributed by atoms with E-state index in [0.717, 1.165) is 38.9 Å². The Labute approximate surface area is 129 Å². The van der Waals surface area contributed by atoms with E-state index < -0.39 is 5.60 Å². The molecule has 1 unspecified atom stereocenters. The summed E-state index contributed by atoms with van der Waals surface area (Å²) in [6, 6.07) is 7.21. The van der Waals surface area contributed by atoms with Gasteiger partial charge in [-0.1, -0.05) is 31.5 Å². The first-order chi connectivity index (χ1) is 9.87. The van der Waals surface area contributed by atoms with Gasteiger partial charge in [0.1, 0.15) is 0 Å². The van der Waals surface area contributed by atoms with Gasteiger partial charge in [-0.05, 0) is 44.7 Å². The van der Waals surface area contributed by atoms with Crippen molar-refractivity contribution in [2.45, 2.75) is 65.1 Å². The van der Waals surface area contributed by atoms with E-state index in [4.69, 9.17) is 0 Å². The van der Waals surface area contributed by atoms with Gasteiger partial charge in [-0.2, -0.15) is 0 Å². The van der Waals surface area contributed by atoms with Gasteiger partial charge < -0.3 is 15.3 Å². The molecule has 3 heteroatoms. The molecule has 0 saturated carbocycles. The second-order valence-corrected chi connectivity index (χ2v) is 7.01. The Balaban J connectivity index is 2.17. The van der Waals surface area contributed by atoms with Crippen LogP contribution < -0.4 is 10.2 Å². The number of hydrogen-bond acceptors (Lipinski definition) is 3. The minimum atomic E-state index is -0.504. The Bertz CT molecular complexity index is 468. The minimum Gasteiger partial charge on any atom is -0.390 e. The molecule has 1 aliphatic rings. The summed E-state index contributed by atoms with van der Waals surface area (Å²) >= 11 is 0. The SMILES string of the molecule is Cc1ccc(N2CCCC(C)(O)CC2)c(CNC(C)C)c1. The van der Waals surface area contributed by atoms with Gasteiger partial charge in [-0.3, -0.25) is 0 Å². The van der Waals surface area contributed by atoms with Crippen molar-refractivity contribution in [3.05, 3.63) is 29.3 Å². The van der Waals surface area contributed by atoms with Gasteiger partial charge in [-0.15, -0.1) is 0 Å². The zero-order valence-electron chi connectivity index (χ0n) is 13.9. The second kappa shape index (κ2) is 6.80. The molecule has 1 fully saturated rings. The van der Waals surface area contributed by atoms with Crippen LogP contribution in [0.25, 0.3) is 0 Å². The summed E-state index contributed by atoms with van der Waals surface area (Å²) in [6.07, 6.45) is 2.80. The van der Waals surface area contributed by atoms with E-state index in [9.17, 15) is 5.11 Å². The predicted molar refractivity (Wildman–Crippen MR) is 89.8 cm³/mol. The van der Waals surface area contributed by atoms with Crippen LogP contribution >= 0.6 is 0 Å². The van der Waals surface area contributed by atoms with E-state index in [1.807, 2.05) is 6.92 Å². The van der Waals surface area contributed by atoms with Crippen LogP contribution in [0.15, 0.2) is 18.2 Å². The Morgan fingerprint density at radius 3 is 2.76 bits per heavy atom. The van der Waals surface area contributed by atoms with Crippen molar-refractivity contribution < 1.29 is 5.11 Å². The molecule has 1 atom stereocenters. The molecule has 21 heavy (non-hydrogen) atoms. The standard InChI is InChI=1S/C18H30N2O/c1-14(2)19-13-16-12-15(3)6-7-17(16)20-10-5-8-18(4,21)9-11-20/h6-7,12,14,19,21H,5,8-11,13H2,1-4H3. The molecule has 0 bridgehead atoms. The fourth-order valence-corrected chi connectivity index (χ4v) is 2.98. The number of hydrogen-bond donors (Lipinski definition) is 2. The molecule has 0 radical (unpaired) electrons. The highest BCUT2D eigenvalue weighted by molar-refractivity contribution is 5.55. The van der Waals surface area contributed by atoms with Crippen LogP contribution in [0.3, 0.4) is 0 Å². The van der Waals surface area contributed by atoms with Crippen LogP contribution in [-0.4, -0.2) is 29.8 Å². The Kier molecular flexibility index (Phi) is 5.28. The van der Waals surface area contributed by atoms with Crippen molar-refractivity contribution in [1.29, 1.82) is 0 Å². The molecule has 0 amide bonds. The van der Waals surface area contributed by atoms with Crippen LogP contribution in [0, 0.1) is 6.92 Å². The van der Waals surface area contributed by atoms with Crippen LogP contribution in [0.4, 0.5) is 5.69 Å². The average Bonchev–Trinajstić information content (AvgIpc) is 2.57. The number of benzene rings is 1. The monoisotopic (exact) mass is 290 g/mol. The fraction of sp³-hybridized carbons (Fsp3) is 0.667. The molecule has 118 valence electrons. The van der Waals surface area contributed by atoms with E-state index in [1.165, 1.54) is 16.8 Å². The maximum Gasteiger partial charge on any atom is 0.0637 e. The molecule has 0 aliphatic carbocycles. The molecule has 1 heterocycles. The number of rotatable bonds is 4. The van der Waals surface area contributed by atoms with E-state index in [-0.39, 0.29) is 0 Å². The maximum absolute atomic E-state index is 10.3. The van der Waals surface area contributed by atoms with Crippen molar-refractivity contribution >= 4 is 5.69 Å². The zero-order chi connectivity index (χ0) is 15.5. The van der Waals surface area contributed by atoms with Crippen LogP contribution in [0.5, 0.6) is 0 Å². The van der Waals surface area contributed by atoms with Gasteiger partial charge in [0.05, 0.1) is 5.60 Å². The third-order valence-electron chi connectivity index (χ3n) is 4.34. The van der Waals surface area contributed by atoms with E-state index in [2.05, 4.69) is 49.2 Å². The van der Waals surface area contributed by atoms with Crippen LogP contribution in [0.1, 0.15) is 51.2 Å². The summed E-state index contributed by atoms with van der Waals surface area (Å²) < 4.78 is 0. The van der Waals surface area contributed by atoms with Crippen LogP contribution in [-0.2, 0) is 6.54 Å². The lowest BCUT2D eigenvalue weighted by Gasteiger charge is -2.27. The summed E-state index contributed by atoms with van der Waals surface area (Å²) in [4.78, 5) is 2.44. The summed E-state index contributed by atoms with van der Waals surface area (Å²) in [5.74, 6) is 0. The fourth-order valence-electron chi connectivity index (χ4n) is 2.98. The number of nitrogens with one attached hydrogen (secondary N) is 1. The maximum atomic E-state index is 10.3. The van der Waals surface area contributed by atoms with Gasteiger partial charge >= 0.3 is 0 Å². The van der Waals surface area contributed by atoms with Crippen molar-refractivity contribution in [2.24, 2.45) is 0 Å². The molecule has 2 rings (SSSR count). The quantitative estimate of drug-likeness (QED) is 0.893. The Morgan fingerprint density at radius 2 is 2.05 bits per heavy atom. The Morgan fingerprint density at radius 1 is 1.29 bits per heavy atom. The van der Waals surface area contributed by atoms with Crippen LogP contribution in [0.2, 0.25) is 0 Å². The number of anilines is 1. The molecule has 1 aromatic rings. The lowest BCUT2D eigenvalue weighted by Crippen LogP contribution is -2.30. The third-order valence-corrected chi connectivity index (χ3v) is 4.34. The lowest BCUT2D eigenvalue weighted by atomic mass is 9.98. The van der Waals surface area contributed by atoms with Gasteiger partial charge in [0.15, 0.2) is 0 Å². The normalized spacial score (nSPS) is 23.4. The molecular formula is C18H30N2O. The summed E-state index contributed by atoms with van der Waals surface area (Å²) in [5.41, 5.74) is 3.49. The average molecular weight is 290 g/mol. The highest BCUT2D eigenvalue weighted by Gasteiger charge is 2.25. The molecule has 1 aliphatic heterocycles. The number of aliphatic hydroxyl groups is 1. The van der Waals surface area contributed by atoms with Gasteiger partial charge in [0.2, 0.25) is 0 Å². The lowest BCUT2D eigenvalue weighted by molar-refractivity contribution is 0.0481. The summed E-state index contributed by atoms with van der Waals surface area (Å²) in [5, 5.41) is 13.8. The molecule has 0 aromatic heterocycles. The van der Waals surface area contributed by atoms with Gasteiger partial charge in [0.25, 0.3) is 0 Å². The molecule has 1 saturated heterocycles. The summed E-state index contributed by atoms with van der Waals surface area (Å²) in [7, 11) is 0. The first kappa shape index (κ1) is 16.3. The molecule has 3 nitrogen and oxygen atoms in total. The van der Waals surface area contributed by atoms with E-state index in [0.29, 0.717) is 6.04 Å². The highest BCUT2D eigenvalue weighted by atomic mass is 16.3. The van der Waals surface area contributed by atoms with E-state index in [1.54, 1.807) is 0 Å². The molecule has 0 spiro atoms. The second-order valence-electron chi connectivity index (χ2n) is 7.01. The molecule has 2 N–H and O–H groups in total. The van der Waals surface area contributed by atoms with Crippen molar-refractivity contribution in [1.82, 2.24) is 5.32 Å². The van der Waals surface area contributed by atoms with Crippen molar-refractivity contribution in [3.63, 3.8) is 0 Å². The highest BCUT2D eigenvalue weighted by Crippen LogP contribution is 2.28. The topological polar surface area (TPSA) is 35.5 Å².